The normalized spacial score (nSPS) is 29.4. The lowest BCUT2D eigenvalue weighted by atomic mass is 9.93. The molecule has 0 bridgehead atoms. The third kappa shape index (κ3) is 3.23. The van der Waals surface area contributed by atoms with Gasteiger partial charge in [-0.1, -0.05) is 12.1 Å². The first-order valence-electron chi connectivity index (χ1n) is 8.27. The largest absolute Gasteiger partial charge is 0.383 e. The zero-order valence-corrected chi connectivity index (χ0v) is 15.6. The summed E-state index contributed by atoms with van der Waals surface area (Å²) in [5, 5.41) is 0. The van der Waals surface area contributed by atoms with Crippen molar-refractivity contribution in [2.45, 2.75) is 22.8 Å². The molecule has 0 aliphatic carbocycles. The minimum absolute atomic E-state index is 0.166. The molecule has 2 heterocycles. The molecule has 9 heteroatoms. The van der Waals surface area contributed by atoms with E-state index in [0.29, 0.717) is 0 Å². The molecule has 2 fully saturated rings. The van der Waals surface area contributed by atoms with E-state index >= 15 is 8.78 Å². The quantitative estimate of drug-likeness (QED) is 0.722. The van der Waals surface area contributed by atoms with Crippen LogP contribution in [0.4, 0.5) is 8.78 Å². The average molecular weight is 388 g/mol. The summed E-state index contributed by atoms with van der Waals surface area (Å²) in [4.78, 5) is 15.3. The van der Waals surface area contributed by atoms with Gasteiger partial charge in [-0.2, -0.15) is 0 Å². The van der Waals surface area contributed by atoms with Crippen LogP contribution in [0.2, 0.25) is 0 Å². The predicted octanol–water partition coefficient (Wildman–Crippen LogP) is 0.811. The van der Waals surface area contributed by atoms with Gasteiger partial charge in [-0.25, -0.2) is 17.2 Å². The number of fused-ring (bicyclic) bond motifs is 1. The second-order valence-electron chi connectivity index (χ2n) is 7.05. The number of rotatable bonds is 6. The van der Waals surface area contributed by atoms with Crippen LogP contribution in [0.25, 0.3) is 0 Å². The smallest absolute Gasteiger partial charge is 0.265 e. The summed E-state index contributed by atoms with van der Waals surface area (Å²) in [5.74, 6) is -0.827. The molecular weight excluding hydrogens is 366 g/mol. The molecule has 0 N–H and O–H groups in total. The van der Waals surface area contributed by atoms with Crippen LogP contribution >= 0.6 is 0 Å². The van der Waals surface area contributed by atoms with Crippen molar-refractivity contribution < 1.29 is 26.7 Å². The minimum Gasteiger partial charge on any atom is -0.383 e. The number of sulfone groups is 1. The van der Waals surface area contributed by atoms with E-state index in [-0.39, 0.29) is 44.2 Å². The lowest BCUT2D eigenvalue weighted by Crippen LogP contribution is -2.47. The summed E-state index contributed by atoms with van der Waals surface area (Å²) in [6, 6.07) is 6.17. The number of nitrogens with zero attached hydrogens (tertiary/aromatic N) is 2. The lowest BCUT2D eigenvalue weighted by molar-refractivity contribution is -0.139. The average Bonchev–Trinajstić information content (AvgIpc) is 2.90. The van der Waals surface area contributed by atoms with Gasteiger partial charge in [0.25, 0.3) is 5.91 Å². The first-order chi connectivity index (χ1) is 12.1. The highest BCUT2D eigenvalue weighted by atomic mass is 32.2. The molecule has 1 amide bonds. The fourth-order valence-electron chi connectivity index (χ4n) is 3.64. The zero-order valence-electron chi connectivity index (χ0n) is 14.7. The molecule has 0 aromatic heterocycles. The Morgan fingerprint density at radius 1 is 1.15 bits per heavy atom. The Kier molecular flexibility index (Phi) is 4.83. The molecule has 0 saturated carbocycles. The van der Waals surface area contributed by atoms with Crippen molar-refractivity contribution >= 4 is 15.7 Å². The van der Waals surface area contributed by atoms with E-state index in [0.717, 1.165) is 11.8 Å². The molecule has 26 heavy (non-hydrogen) atoms. The van der Waals surface area contributed by atoms with Crippen LogP contribution in [0, 0.1) is 0 Å². The van der Waals surface area contributed by atoms with E-state index < -0.39 is 27.1 Å². The second kappa shape index (κ2) is 6.54. The number of likely N-dealkylation sites (tertiary alicyclic amines) is 2. The van der Waals surface area contributed by atoms with E-state index in [4.69, 9.17) is 4.74 Å². The van der Waals surface area contributed by atoms with Gasteiger partial charge in [0.05, 0.1) is 18.0 Å². The number of carbonyl (C=O) groups excluding carboxylic acids is 1. The van der Waals surface area contributed by atoms with E-state index in [9.17, 15) is 13.2 Å². The van der Waals surface area contributed by atoms with Crippen LogP contribution in [0.15, 0.2) is 29.2 Å². The van der Waals surface area contributed by atoms with Gasteiger partial charge in [-0.15, -0.1) is 0 Å². The maximum atomic E-state index is 15.2. The van der Waals surface area contributed by atoms with Gasteiger partial charge in [0.2, 0.25) is 5.67 Å². The Bertz CT molecular complexity index is 801. The lowest BCUT2D eigenvalue weighted by Gasteiger charge is -2.22. The molecule has 2 saturated heterocycles. The first-order valence-corrected chi connectivity index (χ1v) is 10.2. The van der Waals surface area contributed by atoms with Gasteiger partial charge >= 0.3 is 0 Å². The molecule has 0 radical (unpaired) electrons. The fraction of sp³-hybridized carbons (Fsp3) is 0.588. The summed E-state index contributed by atoms with van der Waals surface area (Å²) >= 11 is 0. The number of ether oxygens (including phenoxy) is 1. The third-order valence-electron chi connectivity index (χ3n) is 5.02. The van der Waals surface area contributed by atoms with Gasteiger partial charge in [0.15, 0.2) is 15.5 Å². The molecule has 3 rings (SSSR count). The van der Waals surface area contributed by atoms with Gasteiger partial charge < -0.3 is 9.64 Å². The van der Waals surface area contributed by atoms with E-state index in [1.807, 2.05) is 0 Å². The Hall–Kier alpha value is -1.58. The Balaban J connectivity index is 1.70. The maximum Gasteiger partial charge on any atom is 0.265 e. The predicted molar refractivity (Wildman–Crippen MR) is 91.0 cm³/mol. The Morgan fingerprint density at radius 2 is 1.81 bits per heavy atom. The monoisotopic (exact) mass is 388 g/mol. The molecule has 0 unspecified atom stereocenters. The van der Waals surface area contributed by atoms with Crippen LogP contribution < -0.4 is 0 Å². The van der Waals surface area contributed by atoms with Crippen molar-refractivity contribution in [3.63, 3.8) is 0 Å². The summed E-state index contributed by atoms with van der Waals surface area (Å²) in [6.45, 7) is -0.151. The van der Waals surface area contributed by atoms with Crippen molar-refractivity contribution in [2.24, 2.45) is 0 Å². The van der Waals surface area contributed by atoms with Gasteiger partial charge in [-0.05, 0) is 17.7 Å². The number of amides is 1. The second-order valence-corrected chi connectivity index (χ2v) is 9.06. The number of hydrogen-bond donors (Lipinski definition) is 0. The van der Waals surface area contributed by atoms with Crippen molar-refractivity contribution in [1.82, 2.24) is 9.80 Å². The molecule has 144 valence electrons. The molecule has 0 spiro atoms. The molecule has 2 aliphatic rings. The third-order valence-corrected chi connectivity index (χ3v) is 6.15. The highest BCUT2D eigenvalue weighted by Crippen LogP contribution is 2.45. The summed E-state index contributed by atoms with van der Waals surface area (Å²) in [5.41, 5.74) is -4.06. The number of methoxy groups -OCH3 is 1. The summed E-state index contributed by atoms with van der Waals surface area (Å²) in [7, 11) is -1.83. The topological polar surface area (TPSA) is 66.9 Å². The van der Waals surface area contributed by atoms with Crippen LogP contribution in [0.5, 0.6) is 0 Å². The van der Waals surface area contributed by atoms with Crippen LogP contribution in [-0.2, 0) is 25.9 Å². The summed E-state index contributed by atoms with van der Waals surface area (Å²) in [6.07, 6.45) is 1.12. The molecule has 1 aromatic rings. The van der Waals surface area contributed by atoms with E-state index in [1.165, 1.54) is 24.1 Å². The van der Waals surface area contributed by atoms with Crippen molar-refractivity contribution in [3.05, 3.63) is 29.8 Å². The van der Waals surface area contributed by atoms with Gasteiger partial charge in [0, 0.05) is 39.5 Å². The van der Waals surface area contributed by atoms with Crippen molar-refractivity contribution in [2.75, 3.05) is 46.2 Å². The maximum absolute atomic E-state index is 15.2. The zero-order chi connectivity index (χ0) is 19.2. The SMILES string of the molecule is COCCN1C[C@@]2(F)CN(Cc3ccc(S(C)(=O)=O)cc3)C[C@@]2(F)C1=O. The molecule has 2 atom stereocenters. The van der Waals surface area contributed by atoms with Crippen LogP contribution in [0.1, 0.15) is 5.56 Å². The van der Waals surface area contributed by atoms with E-state index in [1.54, 1.807) is 17.0 Å². The highest BCUT2D eigenvalue weighted by Gasteiger charge is 2.70. The molecule has 6 nitrogen and oxygen atoms in total. The van der Waals surface area contributed by atoms with Crippen molar-refractivity contribution in [1.29, 1.82) is 0 Å². The number of alkyl halides is 2. The van der Waals surface area contributed by atoms with Crippen LogP contribution in [0.3, 0.4) is 0 Å². The van der Waals surface area contributed by atoms with E-state index in [2.05, 4.69) is 0 Å². The molecular formula is C17H22F2N2O4S. The summed E-state index contributed by atoms with van der Waals surface area (Å²) < 4.78 is 58.2. The first kappa shape index (κ1) is 19.2. The fourth-order valence-corrected chi connectivity index (χ4v) is 4.27. The number of hydrogen-bond acceptors (Lipinski definition) is 5. The number of benzene rings is 1. The van der Waals surface area contributed by atoms with Crippen molar-refractivity contribution in [3.8, 4) is 0 Å². The Labute approximate surface area is 151 Å². The molecule has 2 aliphatic heterocycles. The standard InChI is InChI=1S/C17H22F2N2O4S/c1-25-8-7-21-11-16(18)10-20(12-17(16,19)15(21)22)9-13-3-5-14(6-4-13)26(2,23)24/h3-6H,7-12H2,1-2H3/t16-,17+/m0/s1. The van der Waals surface area contributed by atoms with Crippen LogP contribution in [-0.4, -0.2) is 81.6 Å². The van der Waals surface area contributed by atoms with Gasteiger partial charge in [-0.3, -0.25) is 9.69 Å². The number of halogens is 2. The highest BCUT2D eigenvalue weighted by molar-refractivity contribution is 7.90. The van der Waals surface area contributed by atoms with Gasteiger partial charge in [0.1, 0.15) is 0 Å². The molecule has 1 aromatic carbocycles. The Morgan fingerprint density at radius 3 is 2.35 bits per heavy atom. The minimum atomic E-state index is -3.29. The number of carbonyl (C=O) groups is 1.